The van der Waals surface area contributed by atoms with Gasteiger partial charge in [-0.2, -0.15) is 5.26 Å². The summed E-state index contributed by atoms with van der Waals surface area (Å²) in [7, 11) is -3.14. The molecule has 0 fully saturated rings. The van der Waals surface area contributed by atoms with Crippen LogP contribution in [0.1, 0.15) is 27.2 Å². The van der Waals surface area contributed by atoms with Crippen molar-refractivity contribution in [2.75, 3.05) is 11.5 Å². The van der Waals surface area contributed by atoms with Crippen molar-refractivity contribution >= 4 is 21.4 Å². The Bertz CT molecular complexity index is 377. The molecule has 0 atom stereocenters. The van der Waals surface area contributed by atoms with Gasteiger partial charge in [0.2, 0.25) is 0 Å². The lowest BCUT2D eigenvalue weighted by Crippen LogP contribution is -2.18. The molecule has 0 aromatic carbocycles. The number of nitrogens with zero attached hydrogens (tertiary/aromatic N) is 1. The average Bonchev–Trinajstić information content (AvgIpc) is 2.14. The Morgan fingerprint density at radius 1 is 1.53 bits per heavy atom. The van der Waals surface area contributed by atoms with E-state index in [2.05, 4.69) is 6.07 Å². The molecule has 0 aliphatic rings. The minimum Gasteiger partial charge on any atom is -0.229 e. The van der Waals surface area contributed by atoms with Gasteiger partial charge in [0, 0.05) is 5.54 Å². The summed E-state index contributed by atoms with van der Waals surface area (Å²) in [4.78, 5) is 0. The highest BCUT2D eigenvalue weighted by molar-refractivity contribution is 7.91. The number of hydrogen-bond donors (Lipinski definition) is 0. The fraction of sp³-hybridized carbons (Fsp3) is 0.700. The van der Waals surface area contributed by atoms with Gasteiger partial charge in [-0.05, 0) is 32.8 Å². The van der Waals surface area contributed by atoms with Crippen LogP contribution in [0.2, 0.25) is 0 Å². The second-order valence-corrected chi connectivity index (χ2v) is 6.70. The van der Waals surface area contributed by atoms with Gasteiger partial charge < -0.3 is 0 Å². The smallest absolute Gasteiger partial charge is 0.154 e. The molecule has 0 bridgehead atoms. The molecule has 0 amide bonds. The minimum atomic E-state index is -3.14. The van der Waals surface area contributed by atoms with E-state index in [1.807, 2.05) is 0 Å². The molecule has 0 aliphatic heterocycles. The Hall–Kier alpha value is -0.530. The van der Waals surface area contributed by atoms with Crippen molar-refractivity contribution in [1.82, 2.24) is 0 Å². The summed E-state index contributed by atoms with van der Waals surface area (Å²) in [5.74, 6) is -0.00631. The van der Waals surface area contributed by atoms with E-state index in [4.69, 9.17) is 16.9 Å². The van der Waals surface area contributed by atoms with E-state index < -0.39 is 15.3 Å². The summed E-state index contributed by atoms with van der Waals surface area (Å²) in [5.41, 5.74) is 1.30. The Labute approximate surface area is 96.7 Å². The van der Waals surface area contributed by atoms with Crippen molar-refractivity contribution in [3.05, 3.63) is 11.1 Å². The summed E-state index contributed by atoms with van der Waals surface area (Å²) in [5, 5.41) is 8.74. The highest BCUT2D eigenvalue weighted by Gasteiger charge is 2.21. The van der Waals surface area contributed by atoms with Crippen molar-refractivity contribution in [2.24, 2.45) is 5.41 Å². The van der Waals surface area contributed by atoms with Crippen molar-refractivity contribution in [1.29, 1.82) is 5.26 Å². The SMILES string of the molecule is C/C(=C\Cl)CS(=O)(=O)CCC(C)(C)C#N. The largest absolute Gasteiger partial charge is 0.229 e. The maximum atomic E-state index is 11.6. The Morgan fingerprint density at radius 2 is 2.07 bits per heavy atom. The average molecular weight is 250 g/mol. The summed E-state index contributed by atoms with van der Waals surface area (Å²) in [6.07, 6.45) is 0.349. The van der Waals surface area contributed by atoms with E-state index in [1.54, 1.807) is 20.8 Å². The molecule has 0 rings (SSSR count). The number of hydrogen-bond acceptors (Lipinski definition) is 3. The number of sulfone groups is 1. The third-order valence-corrected chi connectivity index (χ3v) is 4.07. The normalized spacial score (nSPS) is 13.7. The molecule has 0 aliphatic carbocycles. The van der Waals surface area contributed by atoms with Crippen molar-refractivity contribution in [3.63, 3.8) is 0 Å². The second kappa shape index (κ2) is 5.53. The molecule has 0 aromatic heterocycles. The molecule has 86 valence electrons. The predicted molar refractivity (Wildman–Crippen MR) is 62.3 cm³/mol. The zero-order chi connectivity index (χ0) is 12.1. The van der Waals surface area contributed by atoms with E-state index in [0.717, 1.165) is 0 Å². The molecule has 0 radical (unpaired) electrons. The monoisotopic (exact) mass is 249 g/mol. The Kier molecular flexibility index (Phi) is 5.33. The molecule has 0 unspecified atom stereocenters. The van der Waals surface area contributed by atoms with Gasteiger partial charge in [0.25, 0.3) is 0 Å². The van der Waals surface area contributed by atoms with Gasteiger partial charge >= 0.3 is 0 Å². The highest BCUT2D eigenvalue weighted by atomic mass is 35.5. The number of rotatable bonds is 5. The van der Waals surface area contributed by atoms with Crippen molar-refractivity contribution < 1.29 is 8.42 Å². The second-order valence-electron chi connectivity index (χ2n) is 4.29. The predicted octanol–water partition coefficient (Wildman–Crippen LogP) is 2.48. The summed E-state index contributed by atoms with van der Waals surface area (Å²) >= 11 is 5.40. The molecule has 15 heavy (non-hydrogen) atoms. The quantitative estimate of drug-likeness (QED) is 0.752. The molecular weight excluding hydrogens is 234 g/mol. The standard InChI is InChI=1S/C10H16ClNO2S/c1-9(6-11)7-15(13,14)5-4-10(2,3)8-12/h6H,4-5,7H2,1-3H3/b9-6+. The Balaban J connectivity index is 4.38. The highest BCUT2D eigenvalue weighted by Crippen LogP contribution is 2.20. The van der Waals surface area contributed by atoms with Crippen LogP contribution in [0.15, 0.2) is 11.1 Å². The molecule has 0 heterocycles. The molecule has 0 spiro atoms. The van der Waals surface area contributed by atoms with E-state index in [0.29, 0.717) is 12.0 Å². The molecular formula is C10H16ClNO2S. The molecule has 0 saturated heterocycles. The fourth-order valence-electron chi connectivity index (χ4n) is 0.917. The van der Waals surface area contributed by atoms with Crippen LogP contribution < -0.4 is 0 Å². The van der Waals surface area contributed by atoms with Gasteiger partial charge in [0.15, 0.2) is 9.84 Å². The van der Waals surface area contributed by atoms with Gasteiger partial charge in [-0.15, -0.1) is 0 Å². The summed E-state index contributed by atoms with van der Waals surface area (Å²) in [6.45, 7) is 5.12. The fourth-order valence-corrected chi connectivity index (χ4v) is 2.83. The topological polar surface area (TPSA) is 57.9 Å². The Morgan fingerprint density at radius 3 is 2.47 bits per heavy atom. The van der Waals surface area contributed by atoms with Gasteiger partial charge in [-0.1, -0.05) is 11.6 Å². The van der Waals surface area contributed by atoms with Crippen LogP contribution in [0.4, 0.5) is 0 Å². The lowest BCUT2D eigenvalue weighted by molar-refractivity contribution is 0.473. The van der Waals surface area contributed by atoms with E-state index >= 15 is 0 Å². The van der Waals surface area contributed by atoms with Crippen LogP contribution in [-0.4, -0.2) is 19.9 Å². The van der Waals surface area contributed by atoms with Crippen LogP contribution in [0.25, 0.3) is 0 Å². The summed E-state index contributed by atoms with van der Waals surface area (Å²) in [6, 6.07) is 2.08. The lowest BCUT2D eigenvalue weighted by atomic mass is 9.93. The first kappa shape index (κ1) is 14.5. The van der Waals surface area contributed by atoms with E-state index in [1.165, 1.54) is 5.54 Å². The first-order valence-electron chi connectivity index (χ1n) is 4.60. The zero-order valence-corrected chi connectivity index (χ0v) is 10.8. The van der Waals surface area contributed by atoms with Crippen molar-refractivity contribution in [3.8, 4) is 6.07 Å². The third kappa shape index (κ3) is 6.53. The minimum absolute atomic E-state index is 0.0234. The van der Waals surface area contributed by atoms with Gasteiger partial charge in [0.05, 0.1) is 23.0 Å². The summed E-state index contributed by atoms with van der Waals surface area (Å²) < 4.78 is 23.1. The zero-order valence-electron chi connectivity index (χ0n) is 9.25. The van der Waals surface area contributed by atoms with E-state index in [9.17, 15) is 8.42 Å². The van der Waals surface area contributed by atoms with Crippen LogP contribution in [0.3, 0.4) is 0 Å². The van der Waals surface area contributed by atoms with Crippen LogP contribution >= 0.6 is 11.6 Å². The first-order valence-corrected chi connectivity index (χ1v) is 6.86. The van der Waals surface area contributed by atoms with Gasteiger partial charge in [-0.25, -0.2) is 8.42 Å². The number of nitriles is 1. The molecule has 0 aromatic rings. The first-order chi connectivity index (χ1) is 6.72. The molecule has 3 nitrogen and oxygen atoms in total. The van der Waals surface area contributed by atoms with Crippen LogP contribution in [0.5, 0.6) is 0 Å². The maximum absolute atomic E-state index is 11.6. The maximum Gasteiger partial charge on any atom is 0.154 e. The number of halogens is 1. The van der Waals surface area contributed by atoms with Gasteiger partial charge in [-0.3, -0.25) is 0 Å². The molecule has 0 saturated carbocycles. The third-order valence-electron chi connectivity index (χ3n) is 1.97. The van der Waals surface area contributed by atoms with Crippen molar-refractivity contribution in [2.45, 2.75) is 27.2 Å². The molecule has 0 N–H and O–H groups in total. The molecule has 5 heteroatoms. The van der Waals surface area contributed by atoms with E-state index in [-0.39, 0.29) is 11.5 Å². The lowest BCUT2D eigenvalue weighted by Gasteiger charge is -2.14. The van der Waals surface area contributed by atoms with Crippen LogP contribution in [-0.2, 0) is 9.84 Å². The van der Waals surface area contributed by atoms with Gasteiger partial charge in [0.1, 0.15) is 0 Å². The van der Waals surface area contributed by atoms with Crippen LogP contribution in [0, 0.1) is 16.7 Å².